The molecule has 0 atom stereocenters. The van der Waals surface area contributed by atoms with Gasteiger partial charge in [0.1, 0.15) is 5.01 Å². The van der Waals surface area contributed by atoms with Crippen LogP contribution >= 0.6 is 11.3 Å². The molecule has 52 heavy (non-hydrogen) atoms. The van der Waals surface area contributed by atoms with E-state index in [4.69, 9.17) is 4.98 Å². The quantitative estimate of drug-likeness (QED) is 0.163. The number of benzene rings is 9. The Bertz CT molecular complexity index is 2880. The fourth-order valence-electron chi connectivity index (χ4n) is 7.57. The Morgan fingerprint density at radius 3 is 1.62 bits per heavy atom. The third-order valence-corrected chi connectivity index (χ3v) is 11.2. The van der Waals surface area contributed by atoms with Gasteiger partial charge in [0.05, 0.1) is 10.2 Å². The molecule has 1 heterocycles. The first-order valence-electron chi connectivity index (χ1n) is 17.6. The first-order valence-corrected chi connectivity index (χ1v) is 18.4. The van der Waals surface area contributed by atoms with Crippen LogP contribution in [0.1, 0.15) is 0 Å². The lowest BCUT2D eigenvalue weighted by Crippen LogP contribution is -2.09. The summed E-state index contributed by atoms with van der Waals surface area (Å²) in [5, 5.41) is 8.55. The summed E-state index contributed by atoms with van der Waals surface area (Å²) in [6, 6.07) is 69.7. The zero-order valence-corrected chi connectivity index (χ0v) is 29.1. The Morgan fingerprint density at radius 1 is 0.365 bits per heavy atom. The van der Waals surface area contributed by atoms with E-state index in [2.05, 4.69) is 199 Å². The smallest absolute Gasteiger partial charge is 0.125 e. The van der Waals surface area contributed by atoms with Crippen LogP contribution in [0.15, 0.2) is 194 Å². The maximum Gasteiger partial charge on any atom is 0.125 e. The number of thiazole rings is 1. The molecule has 0 unspecified atom stereocenters. The minimum atomic E-state index is 1.05. The van der Waals surface area contributed by atoms with Crippen molar-refractivity contribution in [2.24, 2.45) is 0 Å². The lowest BCUT2D eigenvalue weighted by Gasteiger charge is -2.26. The van der Waals surface area contributed by atoms with Gasteiger partial charge in [0.2, 0.25) is 0 Å². The van der Waals surface area contributed by atoms with E-state index in [0.29, 0.717) is 0 Å². The maximum absolute atomic E-state index is 5.22. The summed E-state index contributed by atoms with van der Waals surface area (Å²) in [7, 11) is 0. The lowest BCUT2D eigenvalue weighted by molar-refractivity contribution is 1.28. The summed E-state index contributed by atoms with van der Waals surface area (Å²) in [5.74, 6) is 0. The van der Waals surface area contributed by atoms with Crippen LogP contribution in [0.25, 0.3) is 75.4 Å². The summed E-state index contributed by atoms with van der Waals surface area (Å²) < 4.78 is 1.24. The van der Waals surface area contributed by atoms with Gasteiger partial charge in [0.25, 0.3) is 0 Å². The molecule has 0 fully saturated rings. The van der Waals surface area contributed by atoms with E-state index in [-0.39, 0.29) is 0 Å². The highest BCUT2D eigenvalue weighted by Gasteiger charge is 2.17. The molecule has 0 saturated carbocycles. The zero-order chi connectivity index (χ0) is 34.4. The van der Waals surface area contributed by atoms with Gasteiger partial charge in [0.15, 0.2) is 0 Å². The Labute approximate surface area is 306 Å². The second-order valence-corrected chi connectivity index (χ2v) is 14.2. The van der Waals surface area contributed by atoms with Gasteiger partial charge in [-0.1, -0.05) is 152 Å². The van der Waals surface area contributed by atoms with Gasteiger partial charge < -0.3 is 4.90 Å². The number of nitrogens with zero attached hydrogens (tertiary/aromatic N) is 2. The fourth-order valence-corrected chi connectivity index (χ4v) is 8.75. The molecule has 244 valence electrons. The average Bonchev–Trinajstić information content (AvgIpc) is 3.66. The van der Waals surface area contributed by atoms with Crippen molar-refractivity contribution in [2.75, 3.05) is 4.90 Å². The molecular formula is C49H32N2S. The highest BCUT2D eigenvalue weighted by molar-refractivity contribution is 7.22. The van der Waals surface area contributed by atoms with Crippen molar-refractivity contribution >= 4 is 70.9 Å². The number of aromatic nitrogens is 1. The van der Waals surface area contributed by atoms with Crippen molar-refractivity contribution in [1.82, 2.24) is 4.98 Å². The van der Waals surface area contributed by atoms with E-state index in [9.17, 15) is 0 Å². The summed E-state index contributed by atoms with van der Waals surface area (Å²) >= 11 is 1.80. The van der Waals surface area contributed by atoms with Gasteiger partial charge in [-0.05, 0) is 91.6 Å². The lowest BCUT2D eigenvalue weighted by atomic mass is 9.95. The molecule has 2 nitrogen and oxygen atoms in total. The van der Waals surface area contributed by atoms with E-state index in [1.165, 1.54) is 64.8 Å². The summed E-state index contributed by atoms with van der Waals surface area (Å²) in [5.41, 5.74) is 10.4. The van der Waals surface area contributed by atoms with Crippen LogP contribution in [0.4, 0.5) is 17.1 Å². The molecular weight excluding hydrogens is 649 g/mol. The van der Waals surface area contributed by atoms with Crippen molar-refractivity contribution < 1.29 is 0 Å². The first-order chi connectivity index (χ1) is 25.8. The van der Waals surface area contributed by atoms with Crippen LogP contribution in [0.2, 0.25) is 0 Å². The number of para-hydroxylation sites is 1. The Balaban J connectivity index is 1.04. The molecule has 0 N–H and O–H groups in total. The van der Waals surface area contributed by atoms with Gasteiger partial charge in [0, 0.05) is 28.0 Å². The minimum Gasteiger partial charge on any atom is -0.311 e. The first kappa shape index (κ1) is 30.3. The molecule has 0 aliphatic carbocycles. The van der Waals surface area contributed by atoms with Crippen LogP contribution in [-0.4, -0.2) is 4.98 Å². The predicted octanol–water partition coefficient (Wildman–Crippen LogP) is 14.2. The number of hydrogen-bond acceptors (Lipinski definition) is 3. The molecule has 10 aromatic rings. The van der Waals surface area contributed by atoms with Crippen molar-refractivity contribution in [3.8, 4) is 32.8 Å². The van der Waals surface area contributed by atoms with Crippen molar-refractivity contribution in [1.29, 1.82) is 0 Å². The highest BCUT2D eigenvalue weighted by atomic mass is 32.1. The second-order valence-electron chi connectivity index (χ2n) is 13.2. The summed E-state index contributed by atoms with van der Waals surface area (Å²) in [6.07, 6.45) is 0. The van der Waals surface area contributed by atoms with Crippen LogP contribution in [0.3, 0.4) is 0 Å². The Morgan fingerprint density at radius 2 is 0.885 bits per heavy atom. The highest BCUT2D eigenvalue weighted by Crippen LogP contribution is 2.43. The van der Waals surface area contributed by atoms with E-state index < -0.39 is 0 Å². The van der Waals surface area contributed by atoms with Crippen molar-refractivity contribution in [3.05, 3.63) is 194 Å². The number of hydrogen-bond donors (Lipinski definition) is 0. The summed E-state index contributed by atoms with van der Waals surface area (Å²) in [6.45, 7) is 0. The zero-order valence-electron chi connectivity index (χ0n) is 28.3. The van der Waals surface area contributed by atoms with Crippen LogP contribution in [-0.2, 0) is 0 Å². The van der Waals surface area contributed by atoms with Gasteiger partial charge >= 0.3 is 0 Å². The van der Waals surface area contributed by atoms with Gasteiger partial charge in [-0.15, -0.1) is 11.3 Å². The Hall–Kier alpha value is -6.55. The molecule has 1 aromatic heterocycles. The third kappa shape index (κ3) is 5.22. The molecule has 0 aliphatic rings. The molecule has 3 heteroatoms. The number of fused-ring (bicyclic) bond motifs is 6. The predicted molar refractivity (Wildman–Crippen MR) is 223 cm³/mol. The molecule has 9 aromatic carbocycles. The van der Waals surface area contributed by atoms with E-state index in [1.54, 1.807) is 11.3 Å². The van der Waals surface area contributed by atoms with Gasteiger partial charge in [-0.3, -0.25) is 0 Å². The van der Waals surface area contributed by atoms with E-state index in [0.717, 1.165) is 27.6 Å². The SMILES string of the molecule is c1ccc(-c2ccc(N(c3ccccc3)c3ccc(-c4ccc(-c5nc6ccc7ccc8ccccc8c7c6s5)c5ccccc45)cc3)cc2)cc1. The van der Waals surface area contributed by atoms with E-state index >= 15 is 0 Å². The maximum atomic E-state index is 5.22. The third-order valence-electron chi connectivity index (χ3n) is 10.1. The topological polar surface area (TPSA) is 16.1 Å². The van der Waals surface area contributed by atoms with Crippen molar-refractivity contribution in [3.63, 3.8) is 0 Å². The fraction of sp³-hybridized carbons (Fsp3) is 0. The molecule has 10 rings (SSSR count). The molecule has 0 bridgehead atoms. The monoisotopic (exact) mass is 680 g/mol. The van der Waals surface area contributed by atoms with E-state index in [1.807, 2.05) is 0 Å². The Kier molecular flexibility index (Phi) is 7.37. The average molecular weight is 681 g/mol. The minimum absolute atomic E-state index is 1.05. The molecule has 0 amide bonds. The molecule has 0 radical (unpaired) electrons. The molecule has 0 saturated heterocycles. The van der Waals surface area contributed by atoms with Crippen LogP contribution < -0.4 is 4.90 Å². The van der Waals surface area contributed by atoms with Gasteiger partial charge in [-0.25, -0.2) is 4.98 Å². The molecule has 0 spiro atoms. The number of anilines is 3. The van der Waals surface area contributed by atoms with Crippen LogP contribution in [0.5, 0.6) is 0 Å². The number of rotatable bonds is 6. The van der Waals surface area contributed by atoms with Crippen LogP contribution in [0, 0.1) is 0 Å². The standard InChI is InChI=1S/C49H32N2S/c1-3-11-33(12-4-1)34-21-26-39(27-22-34)51(38-14-5-2-6-15-38)40-28-23-36(24-29-40)41-30-31-45(44-18-10-9-17-43(41)44)49-50-46-32-25-37-20-19-35-13-7-8-16-42(35)47(37)48(46)52-49/h1-32H. The summed E-state index contributed by atoms with van der Waals surface area (Å²) in [4.78, 5) is 7.54. The normalized spacial score (nSPS) is 11.5. The van der Waals surface area contributed by atoms with Crippen molar-refractivity contribution in [2.45, 2.75) is 0 Å². The largest absolute Gasteiger partial charge is 0.311 e. The second kappa shape index (κ2) is 12.6. The molecule has 0 aliphatic heterocycles. The van der Waals surface area contributed by atoms with Gasteiger partial charge in [-0.2, -0.15) is 0 Å².